The van der Waals surface area contributed by atoms with Gasteiger partial charge in [-0.1, -0.05) is 42.8 Å². The number of carbonyl (C=O) groups excluding carboxylic acids is 2. The number of hydrogen-bond donors (Lipinski definition) is 6. The maximum Gasteiger partial charge on any atom is 0.326 e. The predicted octanol–water partition coefficient (Wildman–Crippen LogP) is 3.45. The number of carboxylic acid groups (broad SMARTS) is 1. The number of carbonyl (C=O) groups is 3. The highest BCUT2D eigenvalue weighted by Gasteiger charge is 2.64. The van der Waals surface area contributed by atoms with Crippen LogP contribution >= 0.6 is 0 Å². The molecular formula is C35H46N4O7. The Hall–Kier alpha value is -3.70. The molecule has 248 valence electrons. The largest absolute Gasteiger partial charge is 0.480 e. The summed E-state index contributed by atoms with van der Waals surface area (Å²) in [6.45, 7) is 5.61. The van der Waals surface area contributed by atoms with Crippen molar-refractivity contribution in [2.24, 2.45) is 33.7 Å². The Morgan fingerprint density at radius 3 is 2.67 bits per heavy atom. The van der Waals surface area contributed by atoms with Crippen LogP contribution in [-0.2, 0) is 25.6 Å². The van der Waals surface area contributed by atoms with Crippen molar-refractivity contribution >= 4 is 34.4 Å². The summed E-state index contributed by atoms with van der Waals surface area (Å²) in [6, 6.07) is 6.37. The van der Waals surface area contributed by atoms with Gasteiger partial charge >= 0.3 is 5.97 Å². The average molecular weight is 635 g/mol. The molecule has 4 aliphatic carbocycles. The number of aromatic nitrogens is 1. The molecule has 11 heteroatoms. The van der Waals surface area contributed by atoms with Gasteiger partial charge in [0.2, 0.25) is 5.91 Å². The number of nitrogens with one attached hydrogen (secondary N) is 3. The molecule has 0 bridgehead atoms. The second kappa shape index (κ2) is 12.2. The molecule has 5 unspecified atom stereocenters. The Balaban J connectivity index is 0.998. The van der Waals surface area contributed by atoms with Crippen LogP contribution in [0.25, 0.3) is 10.9 Å². The Bertz CT molecular complexity index is 1580. The van der Waals surface area contributed by atoms with Gasteiger partial charge in [-0.05, 0) is 92.7 Å². The summed E-state index contributed by atoms with van der Waals surface area (Å²) < 4.78 is 0. The van der Waals surface area contributed by atoms with E-state index >= 15 is 0 Å². The summed E-state index contributed by atoms with van der Waals surface area (Å²) in [7, 11) is 0. The molecule has 0 aliphatic heterocycles. The summed E-state index contributed by atoms with van der Waals surface area (Å²) in [6.07, 6.45) is 9.19. The molecule has 0 radical (unpaired) electrons. The number of oxime groups is 1. The van der Waals surface area contributed by atoms with Gasteiger partial charge in [-0.15, -0.1) is 0 Å². The summed E-state index contributed by atoms with van der Waals surface area (Å²) in [4.78, 5) is 45.1. The number of para-hydroxylation sites is 1. The van der Waals surface area contributed by atoms with Gasteiger partial charge in [-0.2, -0.15) is 0 Å². The third-order valence-electron chi connectivity index (χ3n) is 12.0. The van der Waals surface area contributed by atoms with E-state index < -0.39 is 35.5 Å². The maximum absolute atomic E-state index is 12.5. The van der Waals surface area contributed by atoms with Crippen LogP contribution in [0.15, 0.2) is 47.3 Å². The van der Waals surface area contributed by atoms with Crippen molar-refractivity contribution in [1.29, 1.82) is 0 Å². The van der Waals surface area contributed by atoms with E-state index in [9.17, 15) is 29.7 Å². The number of aliphatic hydroxyl groups is 2. The fourth-order valence-electron chi connectivity index (χ4n) is 9.36. The lowest BCUT2D eigenvalue weighted by Gasteiger charge is -2.60. The number of aromatic amines is 1. The molecule has 1 aromatic carbocycles. The monoisotopic (exact) mass is 634 g/mol. The number of amides is 2. The van der Waals surface area contributed by atoms with Crippen LogP contribution in [0.4, 0.5) is 0 Å². The number of fused-ring (bicyclic) bond motifs is 6. The molecule has 8 atom stereocenters. The van der Waals surface area contributed by atoms with E-state index in [1.807, 2.05) is 31.2 Å². The third-order valence-corrected chi connectivity index (χ3v) is 12.0. The molecule has 3 fully saturated rings. The van der Waals surface area contributed by atoms with Crippen LogP contribution in [0.2, 0.25) is 0 Å². The Kier molecular flexibility index (Phi) is 8.52. The summed E-state index contributed by atoms with van der Waals surface area (Å²) in [5, 5.41) is 42.4. The normalized spacial score (nSPS) is 35.0. The van der Waals surface area contributed by atoms with E-state index in [-0.39, 0.29) is 36.3 Å². The molecule has 2 amide bonds. The fourth-order valence-corrected chi connectivity index (χ4v) is 9.36. The van der Waals surface area contributed by atoms with Crippen molar-refractivity contribution in [3.05, 3.63) is 47.7 Å². The van der Waals surface area contributed by atoms with Gasteiger partial charge in [0.25, 0.3) is 5.91 Å². The molecule has 6 rings (SSSR count). The molecule has 6 N–H and O–H groups in total. The van der Waals surface area contributed by atoms with E-state index in [2.05, 4.69) is 40.7 Å². The minimum absolute atomic E-state index is 0.0939. The van der Waals surface area contributed by atoms with Crippen molar-refractivity contribution in [1.82, 2.24) is 15.6 Å². The summed E-state index contributed by atoms with van der Waals surface area (Å²) in [5.74, 6) is -1.41. The molecule has 3 saturated carbocycles. The molecule has 11 nitrogen and oxygen atoms in total. The Labute approximate surface area is 268 Å². The van der Waals surface area contributed by atoms with E-state index in [4.69, 9.17) is 4.84 Å². The van der Waals surface area contributed by atoms with Crippen molar-refractivity contribution in [3.63, 3.8) is 0 Å². The van der Waals surface area contributed by atoms with Crippen LogP contribution in [-0.4, -0.2) is 74.7 Å². The highest BCUT2D eigenvalue weighted by Crippen LogP contribution is 2.67. The zero-order valence-corrected chi connectivity index (χ0v) is 26.8. The molecule has 0 spiro atoms. The summed E-state index contributed by atoms with van der Waals surface area (Å²) in [5.41, 5.74) is 2.49. The topological polar surface area (TPSA) is 173 Å². The van der Waals surface area contributed by atoms with Crippen LogP contribution in [0, 0.1) is 28.6 Å². The van der Waals surface area contributed by atoms with Crippen LogP contribution < -0.4 is 10.6 Å². The van der Waals surface area contributed by atoms with Crippen molar-refractivity contribution in [2.75, 3.05) is 13.2 Å². The van der Waals surface area contributed by atoms with Gasteiger partial charge in [0.15, 0.2) is 6.61 Å². The number of H-pyrrole nitrogens is 1. The van der Waals surface area contributed by atoms with Gasteiger partial charge in [-0.25, -0.2) is 4.79 Å². The first kappa shape index (κ1) is 32.2. The highest BCUT2D eigenvalue weighted by molar-refractivity contribution is 5.96. The number of nitrogens with zero attached hydrogens (tertiary/aromatic N) is 1. The maximum atomic E-state index is 12.5. The lowest BCUT2D eigenvalue weighted by molar-refractivity contribution is -0.164. The minimum Gasteiger partial charge on any atom is -0.480 e. The first-order valence-corrected chi connectivity index (χ1v) is 16.5. The number of allylic oxidation sites excluding steroid dienone is 2. The van der Waals surface area contributed by atoms with E-state index in [0.717, 1.165) is 54.3 Å². The molecule has 4 aliphatic rings. The minimum atomic E-state index is -1.17. The second-order valence-corrected chi connectivity index (χ2v) is 14.6. The zero-order valence-electron chi connectivity index (χ0n) is 26.8. The molecular weight excluding hydrogens is 588 g/mol. The third kappa shape index (κ3) is 5.72. The lowest BCUT2D eigenvalue weighted by atomic mass is 9.45. The number of benzene rings is 1. The zero-order chi connectivity index (χ0) is 32.9. The first-order chi connectivity index (χ1) is 21.8. The van der Waals surface area contributed by atoms with Gasteiger partial charge in [0.05, 0.1) is 24.0 Å². The molecule has 1 aromatic heterocycles. The van der Waals surface area contributed by atoms with E-state index in [0.29, 0.717) is 24.7 Å². The van der Waals surface area contributed by atoms with Crippen LogP contribution in [0.5, 0.6) is 0 Å². The van der Waals surface area contributed by atoms with Gasteiger partial charge in [0.1, 0.15) is 6.04 Å². The molecule has 0 saturated heterocycles. The number of carboxylic acids is 1. The van der Waals surface area contributed by atoms with Crippen molar-refractivity contribution in [2.45, 2.75) is 89.9 Å². The SMILES string of the molecule is C[C@]12CCC(=NOCC(=O)NCC(=O)NC(Cc3c[nH]c4ccccc34)C(=O)O)C=C1CCC1C2C(O)C[C@@]2(C)C1CC[C@]2(C)O. The number of aliphatic hydroxyl groups excluding tert-OH is 1. The average Bonchev–Trinajstić information content (AvgIpc) is 3.52. The quantitative estimate of drug-likeness (QED) is 0.229. The number of aliphatic carboxylic acids is 1. The molecule has 2 aromatic rings. The van der Waals surface area contributed by atoms with Gasteiger partial charge in [0, 0.05) is 28.9 Å². The van der Waals surface area contributed by atoms with E-state index in [1.165, 1.54) is 5.57 Å². The van der Waals surface area contributed by atoms with Crippen LogP contribution in [0.1, 0.15) is 71.3 Å². The van der Waals surface area contributed by atoms with Gasteiger partial charge in [-0.3, -0.25) is 9.59 Å². The second-order valence-electron chi connectivity index (χ2n) is 14.6. The standard InChI is InChI=1S/C35H46N4O7/c1-33-12-10-22(15-21(33)8-9-24-25-11-13-35(3,45)34(25,2)16-28(40)31(24)33)39-46-19-30(42)37-18-29(41)38-27(32(43)44)14-20-17-36-26-7-5-4-6-23(20)26/h4-7,15,17,24-25,27-28,31,36,40,45H,8-14,16,18-19H2,1-3H3,(H,37,42)(H,38,41)(H,43,44)/t24?,25?,27?,28?,31?,33-,34-,35-/m0/s1. The van der Waals surface area contributed by atoms with Crippen molar-refractivity contribution in [3.8, 4) is 0 Å². The molecule has 1 heterocycles. The van der Waals surface area contributed by atoms with Crippen LogP contribution in [0.3, 0.4) is 0 Å². The highest BCUT2D eigenvalue weighted by atomic mass is 16.6. The fraction of sp³-hybridized carbons (Fsp3) is 0.600. The smallest absolute Gasteiger partial charge is 0.326 e. The predicted molar refractivity (Wildman–Crippen MR) is 172 cm³/mol. The lowest BCUT2D eigenvalue weighted by Crippen LogP contribution is -2.59. The van der Waals surface area contributed by atoms with Gasteiger partial charge < -0.3 is 35.8 Å². The number of hydrogen-bond acceptors (Lipinski definition) is 7. The van der Waals surface area contributed by atoms with Crippen molar-refractivity contribution < 1.29 is 34.5 Å². The molecule has 46 heavy (non-hydrogen) atoms. The van der Waals surface area contributed by atoms with E-state index in [1.54, 1.807) is 6.20 Å². The first-order valence-electron chi connectivity index (χ1n) is 16.5. The summed E-state index contributed by atoms with van der Waals surface area (Å²) >= 11 is 0. The Morgan fingerprint density at radius 1 is 1.11 bits per heavy atom. The Morgan fingerprint density at radius 2 is 1.89 bits per heavy atom. The number of rotatable bonds is 9.